The molecule has 0 bridgehead atoms. The van der Waals surface area contributed by atoms with Crippen LogP contribution in [0.4, 0.5) is 0 Å². The number of carbonyl (C=O) groups excluding carboxylic acids is 2. The normalized spacial score (nSPS) is 15.2. The Morgan fingerprint density at radius 1 is 1.31 bits per heavy atom. The highest BCUT2D eigenvalue weighted by Gasteiger charge is 2.18. The quantitative estimate of drug-likeness (QED) is 0.806. The van der Waals surface area contributed by atoms with Crippen LogP contribution in [-0.4, -0.2) is 34.1 Å². The number of thiophene rings is 1. The molecule has 26 heavy (non-hydrogen) atoms. The molecule has 1 amide bonds. The molecule has 0 atom stereocenters. The van der Waals surface area contributed by atoms with Gasteiger partial charge in [0.05, 0.1) is 11.7 Å². The molecule has 140 valence electrons. The van der Waals surface area contributed by atoms with Crippen LogP contribution in [0.15, 0.2) is 11.1 Å². The molecular weight excluding hydrogens is 354 g/mol. The molecule has 0 radical (unpaired) electrons. The fourth-order valence-electron chi connectivity index (χ4n) is 3.23. The van der Waals surface area contributed by atoms with Crippen LogP contribution in [-0.2, 0) is 20.9 Å². The van der Waals surface area contributed by atoms with E-state index < -0.39 is 5.97 Å². The number of aryl methyl sites for hydroxylation is 2. The summed E-state index contributed by atoms with van der Waals surface area (Å²) in [7, 11) is 0. The van der Waals surface area contributed by atoms with E-state index in [4.69, 9.17) is 4.74 Å². The van der Waals surface area contributed by atoms with Gasteiger partial charge in [-0.25, -0.2) is 4.98 Å². The van der Waals surface area contributed by atoms with Crippen molar-refractivity contribution in [3.05, 3.63) is 27.1 Å². The summed E-state index contributed by atoms with van der Waals surface area (Å²) in [5, 5.41) is 3.43. The summed E-state index contributed by atoms with van der Waals surface area (Å²) in [6.45, 7) is 3.23. The van der Waals surface area contributed by atoms with Crippen molar-refractivity contribution in [2.45, 2.75) is 58.5 Å². The highest BCUT2D eigenvalue weighted by atomic mass is 32.1. The lowest BCUT2D eigenvalue weighted by molar-refractivity contribution is -0.149. The van der Waals surface area contributed by atoms with Gasteiger partial charge in [-0.15, -0.1) is 11.3 Å². The molecule has 8 heteroatoms. The SMILES string of the molecule is Cc1sc2ncn(CC(=O)OCC(=O)NC3CCCCC3)c(=O)c2c1C. The summed E-state index contributed by atoms with van der Waals surface area (Å²) in [6.07, 6.45) is 6.73. The maximum Gasteiger partial charge on any atom is 0.326 e. The van der Waals surface area contributed by atoms with Crippen LogP contribution >= 0.6 is 11.3 Å². The molecule has 2 aromatic rings. The molecule has 1 saturated carbocycles. The Balaban J connectivity index is 1.57. The molecule has 0 spiro atoms. The van der Waals surface area contributed by atoms with E-state index in [9.17, 15) is 14.4 Å². The summed E-state index contributed by atoms with van der Waals surface area (Å²) in [5.41, 5.74) is 0.623. The van der Waals surface area contributed by atoms with Crippen molar-refractivity contribution in [1.29, 1.82) is 0 Å². The van der Waals surface area contributed by atoms with Gasteiger partial charge in [0.15, 0.2) is 6.61 Å². The number of nitrogens with zero attached hydrogens (tertiary/aromatic N) is 2. The Kier molecular flexibility index (Phi) is 5.70. The van der Waals surface area contributed by atoms with Crippen molar-refractivity contribution in [3.8, 4) is 0 Å². The molecule has 1 aliphatic rings. The van der Waals surface area contributed by atoms with Crippen molar-refractivity contribution < 1.29 is 14.3 Å². The van der Waals surface area contributed by atoms with E-state index in [1.165, 1.54) is 28.7 Å². The lowest BCUT2D eigenvalue weighted by Crippen LogP contribution is -2.39. The zero-order chi connectivity index (χ0) is 18.7. The van der Waals surface area contributed by atoms with Crippen molar-refractivity contribution >= 4 is 33.4 Å². The lowest BCUT2D eigenvalue weighted by Gasteiger charge is -2.22. The smallest absolute Gasteiger partial charge is 0.326 e. The van der Waals surface area contributed by atoms with Gasteiger partial charge in [0.2, 0.25) is 0 Å². The number of ether oxygens (including phenoxy) is 1. The van der Waals surface area contributed by atoms with E-state index in [-0.39, 0.29) is 30.7 Å². The molecule has 1 N–H and O–H groups in total. The van der Waals surface area contributed by atoms with Crippen LogP contribution in [0.5, 0.6) is 0 Å². The van der Waals surface area contributed by atoms with Gasteiger partial charge in [0.25, 0.3) is 11.5 Å². The molecule has 0 aliphatic heterocycles. The molecule has 0 saturated heterocycles. The zero-order valence-electron chi connectivity index (χ0n) is 15.0. The third-order valence-corrected chi connectivity index (χ3v) is 5.91. The first kappa shape index (κ1) is 18.6. The highest BCUT2D eigenvalue weighted by Crippen LogP contribution is 2.25. The summed E-state index contributed by atoms with van der Waals surface area (Å²) in [5.74, 6) is -0.924. The predicted molar refractivity (Wildman–Crippen MR) is 99.3 cm³/mol. The van der Waals surface area contributed by atoms with E-state index in [0.29, 0.717) is 10.2 Å². The van der Waals surface area contributed by atoms with Gasteiger partial charge in [0, 0.05) is 10.9 Å². The minimum Gasteiger partial charge on any atom is -0.454 e. The Bertz CT molecular complexity index is 880. The molecule has 2 heterocycles. The standard InChI is InChI=1S/C18H23N3O4S/c1-11-12(2)26-17-16(11)18(24)21(10-19-17)8-15(23)25-9-14(22)20-13-6-4-3-5-7-13/h10,13H,3-9H2,1-2H3,(H,20,22). The van der Waals surface area contributed by atoms with Gasteiger partial charge in [-0.05, 0) is 32.3 Å². The summed E-state index contributed by atoms with van der Waals surface area (Å²) in [4.78, 5) is 42.4. The first-order chi connectivity index (χ1) is 12.5. The van der Waals surface area contributed by atoms with E-state index in [0.717, 1.165) is 36.1 Å². The van der Waals surface area contributed by atoms with Crippen LogP contribution in [0.2, 0.25) is 0 Å². The second kappa shape index (κ2) is 7.99. The maximum atomic E-state index is 12.5. The lowest BCUT2D eigenvalue weighted by atomic mass is 9.95. The number of nitrogens with one attached hydrogen (secondary N) is 1. The van der Waals surface area contributed by atoms with Crippen LogP contribution < -0.4 is 10.9 Å². The minimum absolute atomic E-state index is 0.175. The fraction of sp³-hybridized carbons (Fsp3) is 0.556. The Hall–Kier alpha value is -2.22. The van der Waals surface area contributed by atoms with Gasteiger partial charge in [0.1, 0.15) is 11.4 Å². The van der Waals surface area contributed by atoms with Crippen molar-refractivity contribution in [1.82, 2.24) is 14.9 Å². The summed E-state index contributed by atoms with van der Waals surface area (Å²) in [6, 6.07) is 0.175. The first-order valence-electron chi connectivity index (χ1n) is 8.86. The number of rotatable bonds is 5. The van der Waals surface area contributed by atoms with Crippen LogP contribution in [0.25, 0.3) is 10.2 Å². The van der Waals surface area contributed by atoms with E-state index in [1.54, 1.807) is 0 Å². The van der Waals surface area contributed by atoms with Gasteiger partial charge < -0.3 is 10.1 Å². The molecule has 7 nitrogen and oxygen atoms in total. The third-order valence-electron chi connectivity index (χ3n) is 4.79. The van der Waals surface area contributed by atoms with Crippen LogP contribution in [0.1, 0.15) is 42.5 Å². The van der Waals surface area contributed by atoms with E-state index in [1.807, 2.05) is 13.8 Å². The number of hydrogen-bond acceptors (Lipinski definition) is 6. The maximum absolute atomic E-state index is 12.5. The van der Waals surface area contributed by atoms with Crippen molar-refractivity contribution in [2.75, 3.05) is 6.61 Å². The second-order valence-corrected chi connectivity index (χ2v) is 7.91. The van der Waals surface area contributed by atoms with Gasteiger partial charge in [-0.3, -0.25) is 19.0 Å². The van der Waals surface area contributed by atoms with E-state index >= 15 is 0 Å². The summed E-state index contributed by atoms with van der Waals surface area (Å²) < 4.78 is 6.24. The largest absolute Gasteiger partial charge is 0.454 e. The molecule has 0 unspecified atom stereocenters. The topological polar surface area (TPSA) is 90.3 Å². The van der Waals surface area contributed by atoms with E-state index in [2.05, 4.69) is 10.3 Å². The second-order valence-electron chi connectivity index (χ2n) is 6.70. The first-order valence-corrected chi connectivity index (χ1v) is 9.67. The molecule has 3 rings (SSSR count). The molecule has 2 aromatic heterocycles. The average Bonchev–Trinajstić information content (AvgIpc) is 2.91. The Morgan fingerprint density at radius 3 is 2.77 bits per heavy atom. The average molecular weight is 377 g/mol. The van der Waals surface area contributed by atoms with Gasteiger partial charge in [-0.1, -0.05) is 19.3 Å². The number of amides is 1. The summed E-state index contributed by atoms with van der Waals surface area (Å²) >= 11 is 1.46. The number of carbonyl (C=O) groups is 2. The number of esters is 1. The van der Waals surface area contributed by atoms with Crippen molar-refractivity contribution in [2.24, 2.45) is 0 Å². The monoisotopic (exact) mass is 377 g/mol. The fourth-order valence-corrected chi connectivity index (χ4v) is 4.22. The number of fused-ring (bicyclic) bond motifs is 1. The van der Waals surface area contributed by atoms with Crippen molar-refractivity contribution in [3.63, 3.8) is 0 Å². The Morgan fingerprint density at radius 2 is 2.04 bits per heavy atom. The predicted octanol–water partition coefficient (Wildman–Crippen LogP) is 2.07. The molecular formula is C18H23N3O4S. The van der Waals surface area contributed by atoms with Gasteiger partial charge >= 0.3 is 5.97 Å². The number of aromatic nitrogens is 2. The van der Waals surface area contributed by atoms with Gasteiger partial charge in [-0.2, -0.15) is 0 Å². The zero-order valence-corrected chi connectivity index (χ0v) is 15.9. The third kappa shape index (κ3) is 4.12. The van der Waals surface area contributed by atoms with Crippen LogP contribution in [0, 0.1) is 13.8 Å². The number of hydrogen-bond donors (Lipinski definition) is 1. The molecule has 1 aliphatic carbocycles. The highest BCUT2D eigenvalue weighted by molar-refractivity contribution is 7.18. The van der Waals surface area contributed by atoms with Crippen LogP contribution in [0.3, 0.4) is 0 Å². The molecule has 1 fully saturated rings. The Labute approximate surface area is 155 Å². The molecule has 0 aromatic carbocycles. The minimum atomic E-state index is -0.628.